The van der Waals surface area contributed by atoms with Gasteiger partial charge in [0.05, 0.1) is 18.3 Å². The molecule has 1 N–H and O–H groups in total. The molecule has 4 heteroatoms. The molecular formula is C15H25N3O. The fraction of sp³-hybridized carbons (Fsp3) is 0.800. The summed E-state index contributed by atoms with van der Waals surface area (Å²) in [5, 5.41) is 3.43. The van der Waals surface area contributed by atoms with Gasteiger partial charge in [0, 0.05) is 38.2 Å². The summed E-state index contributed by atoms with van der Waals surface area (Å²) >= 11 is 0. The van der Waals surface area contributed by atoms with E-state index in [-0.39, 0.29) is 0 Å². The number of imidazole rings is 1. The molecule has 1 atom stereocenters. The highest BCUT2D eigenvalue weighted by Gasteiger charge is 2.26. The minimum Gasteiger partial charge on any atom is -0.379 e. The lowest BCUT2D eigenvalue weighted by Crippen LogP contribution is -2.29. The fourth-order valence-corrected chi connectivity index (χ4v) is 3.26. The van der Waals surface area contributed by atoms with Crippen molar-refractivity contribution < 1.29 is 4.74 Å². The van der Waals surface area contributed by atoms with Gasteiger partial charge in [-0.15, -0.1) is 0 Å². The van der Waals surface area contributed by atoms with Crippen LogP contribution in [0.3, 0.4) is 0 Å². The molecule has 1 aromatic heterocycles. The second-order valence-corrected chi connectivity index (χ2v) is 6.19. The average Bonchev–Trinajstić information content (AvgIpc) is 2.76. The van der Waals surface area contributed by atoms with E-state index in [1.54, 1.807) is 0 Å². The number of hydrogen-bond donors (Lipinski definition) is 1. The topological polar surface area (TPSA) is 39.1 Å². The van der Waals surface area contributed by atoms with E-state index < -0.39 is 0 Å². The Morgan fingerprint density at radius 3 is 3.11 bits per heavy atom. The maximum atomic E-state index is 5.69. The Bertz CT molecular complexity index is 433. The number of nitrogens with one attached hydrogen (secondary N) is 1. The monoisotopic (exact) mass is 263 g/mol. The lowest BCUT2D eigenvalue weighted by molar-refractivity contribution is 0.0570. The molecule has 106 valence electrons. The van der Waals surface area contributed by atoms with Gasteiger partial charge in [0.25, 0.3) is 0 Å². The highest BCUT2D eigenvalue weighted by molar-refractivity contribution is 5.22. The number of hydrogen-bond acceptors (Lipinski definition) is 3. The Labute approximate surface area is 115 Å². The molecule has 1 aromatic rings. The van der Waals surface area contributed by atoms with E-state index in [4.69, 9.17) is 9.72 Å². The zero-order valence-corrected chi connectivity index (χ0v) is 12.1. The summed E-state index contributed by atoms with van der Waals surface area (Å²) in [6, 6.07) is 0.511. The molecule has 0 aliphatic carbocycles. The summed E-state index contributed by atoms with van der Waals surface area (Å²) in [6.07, 6.45) is 4.60. The molecule has 3 rings (SSSR count). The van der Waals surface area contributed by atoms with Gasteiger partial charge in [-0.1, -0.05) is 13.8 Å². The van der Waals surface area contributed by atoms with Gasteiger partial charge in [-0.3, -0.25) is 0 Å². The fourth-order valence-electron chi connectivity index (χ4n) is 3.26. The number of rotatable bonds is 3. The quantitative estimate of drug-likeness (QED) is 0.907. The molecule has 0 spiro atoms. The van der Waals surface area contributed by atoms with Crippen LogP contribution >= 0.6 is 0 Å². The van der Waals surface area contributed by atoms with Crippen LogP contribution in [0.4, 0.5) is 0 Å². The summed E-state index contributed by atoms with van der Waals surface area (Å²) in [5.74, 6) is 1.93. The van der Waals surface area contributed by atoms with Crippen LogP contribution in [-0.2, 0) is 24.1 Å². The third-order valence-corrected chi connectivity index (χ3v) is 4.09. The first kappa shape index (κ1) is 13.1. The smallest absolute Gasteiger partial charge is 0.109 e. The molecule has 1 fully saturated rings. The summed E-state index contributed by atoms with van der Waals surface area (Å²) in [5.41, 5.74) is 2.73. The zero-order chi connectivity index (χ0) is 13.2. The SMILES string of the molecule is CC(C)Cc1nc2c(n1C1CCCOC1)CCNC2. The van der Waals surface area contributed by atoms with Crippen LogP contribution in [0.5, 0.6) is 0 Å². The molecule has 0 aromatic carbocycles. The van der Waals surface area contributed by atoms with Crippen molar-refractivity contribution in [2.24, 2.45) is 5.92 Å². The van der Waals surface area contributed by atoms with Crippen LogP contribution in [0.25, 0.3) is 0 Å². The summed E-state index contributed by atoms with van der Waals surface area (Å²) in [7, 11) is 0. The molecule has 0 bridgehead atoms. The summed E-state index contributed by atoms with van der Waals surface area (Å²) in [4.78, 5) is 4.91. The highest BCUT2D eigenvalue weighted by Crippen LogP contribution is 2.28. The summed E-state index contributed by atoms with van der Waals surface area (Å²) < 4.78 is 8.22. The first-order valence-corrected chi connectivity index (χ1v) is 7.63. The molecule has 4 nitrogen and oxygen atoms in total. The number of ether oxygens (including phenoxy) is 1. The zero-order valence-electron chi connectivity index (χ0n) is 12.1. The molecule has 1 unspecified atom stereocenters. The third-order valence-electron chi connectivity index (χ3n) is 4.09. The van der Waals surface area contributed by atoms with Gasteiger partial charge in [0.1, 0.15) is 5.82 Å². The second-order valence-electron chi connectivity index (χ2n) is 6.19. The molecule has 19 heavy (non-hydrogen) atoms. The van der Waals surface area contributed by atoms with Gasteiger partial charge in [0.15, 0.2) is 0 Å². The van der Waals surface area contributed by atoms with E-state index in [1.165, 1.54) is 30.1 Å². The van der Waals surface area contributed by atoms with Gasteiger partial charge in [-0.05, 0) is 18.8 Å². The molecular weight excluding hydrogens is 238 g/mol. The Balaban J connectivity index is 1.95. The largest absolute Gasteiger partial charge is 0.379 e. The standard InChI is InChI=1S/C15H25N3O/c1-11(2)8-15-17-13-9-16-6-5-14(13)18(15)12-4-3-7-19-10-12/h11-12,16H,3-10H2,1-2H3. The molecule has 0 saturated carbocycles. The van der Waals surface area contributed by atoms with Gasteiger partial charge < -0.3 is 14.6 Å². The molecule has 2 aliphatic heterocycles. The first-order chi connectivity index (χ1) is 9.25. The lowest BCUT2D eigenvalue weighted by Gasteiger charge is -2.28. The van der Waals surface area contributed by atoms with Crippen LogP contribution in [0.2, 0.25) is 0 Å². The maximum absolute atomic E-state index is 5.69. The van der Waals surface area contributed by atoms with Crippen LogP contribution in [0, 0.1) is 5.92 Å². The van der Waals surface area contributed by atoms with Gasteiger partial charge >= 0.3 is 0 Å². The van der Waals surface area contributed by atoms with Crippen LogP contribution in [0.15, 0.2) is 0 Å². The van der Waals surface area contributed by atoms with Crippen molar-refractivity contribution in [3.63, 3.8) is 0 Å². The molecule has 0 radical (unpaired) electrons. The maximum Gasteiger partial charge on any atom is 0.109 e. The van der Waals surface area contributed by atoms with Crippen molar-refractivity contribution in [2.45, 2.75) is 52.1 Å². The van der Waals surface area contributed by atoms with Crippen molar-refractivity contribution in [3.05, 3.63) is 17.2 Å². The predicted molar refractivity (Wildman–Crippen MR) is 75.3 cm³/mol. The van der Waals surface area contributed by atoms with Crippen LogP contribution in [0.1, 0.15) is 49.9 Å². The highest BCUT2D eigenvalue weighted by atomic mass is 16.5. The Morgan fingerprint density at radius 2 is 2.37 bits per heavy atom. The Hall–Kier alpha value is -0.870. The normalized spacial score (nSPS) is 23.6. The van der Waals surface area contributed by atoms with Crippen molar-refractivity contribution >= 4 is 0 Å². The number of aromatic nitrogens is 2. The van der Waals surface area contributed by atoms with Crippen molar-refractivity contribution in [3.8, 4) is 0 Å². The van der Waals surface area contributed by atoms with Gasteiger partial charge in [-0.2, -0.15) is 0 Å². The van der Waals surface area contributed by atoms with Gasteiger partial charge in [0.2, 0.25) is 0 Å². The van der Waals surface area contributed by atoms with Crippen molar-refractivity contribution in [2.75, 3.05) is 19.8 Å². The van der Waals surface area contributed by atoms with Crippen LogP contribution in [-0.4, -0.2) is 29.3 Å². The summed E-state index contributed by atoms with van der Waals surface area (Å²) in [6.45, 7) is 8.34. The minimum atomic E-state index is 0.511. The first-order valence-electron chi connectivity index (χ1n) is 7.63. The van der Waals surface area contributed by atoms with E-state index in [2.05, 4.69) is 23.7 Å². The van der Waals surface area contributed by atoms with E-state index >= 15 is 0 Å². The van der Waals surface area contributed by atoms with E-state index in [0.717, 1.165) is 39.1 Å². The predicted octanol–water partition coefficient (Wildman–Crippen LogP) is 2.08. The molecule has 0 amide bonds. The van der Waals surface area contributed by atoms with E-state index in [0.29, 0.717) is 12.0 Å². The van der Waals surface area contributed by atoms with Crippen molar-refractivity contribution in [1.82, 2.24) is 14.9 Å². The third kappa shape index (κ3) is 2.70. The minimum absolute atomic E-state index is 0.511. The van der Waals surface area contributed by atoms with E-state index in [9.17, 15) is 0 Å². The molecule has 2 aliphatic rings. The van der Waals surface area contributed by atoms with Crippen molar-refractivity contribution in [1.29, 1.82) is 0 Å². The van der Waals surface area contributed by atoms with Gasteiger partial charge in [-0.25, -0.2) is 4.98 Å². The number of nitrogens with zero attached hydrogens (tertiary/aromatic N) is 2. The molecule has 1 saturated heterocycles. The molecule has 3 heterocycles. The Kier molecular flexibility index (Phi) is 3.89. The average molecular weight is 263 g/mol. The number of fused-ring (bicyclic) bond motifs is 1. The van der Waals surface area contributed by atoms with E-state index in [1.807, 2.05) is 0 Å². The Morgan fingerprint density at radius 1 is 1.47 bits per heavy atom. The van der Waals surface area contributed by atoms with Crippen LogP contribution < -0.4 is 5.32 Å². The second kappa shape index (κ2) is 5.63. The lowest BCUT2D eigenvalue weighted by atomic mass is 10.1.